The Bertz CT molecular complexity index is 786. The summed E-state index contributed by atoms with van der Waals surface area (Å²) in [5, 5.41) is 7.57. The van der Waals surface area contributed by atoms with Crippen molar-refractivity contribution >= 4 is 5.52 Å². The Balaban J connectivity index is 1.68. The van der Waals surface area contributed by atoms with Gasteiger partial charge in [0.2, 0.25) is 0 Å². The predicted molar refractivity (Wildman–Crippen MR) is 79.3 cm³/mol. The molecule has 0 aromatic carbocycles. The van der Waals surface area contributed by atoms with Crippen molar-refractivity contribution in [3.63, 3.8) is 0 Å². The molecule has 1 N–H and O–H groups in total. The maximum Gasteiger partial charge on any atom is 0.276 e. The summed E-state index contributed by atoms with van der Waals surface area (Å²) in [5.74, 6) is 0.893. The first-order chi connectivity index (χ1) is 10.1. The van der Waals surface area contributed by atoms with Crippen LogP contribution in [0.4, 0.5) is 0 Å². The zero-order valence-corrected chi connectivity index (χ0v) is 12.1. The third kappa shape index (κ3) is 2.75. The Labute approximate surface area is 122 Å². The van der Waals surface area contributed by atoms with Crippen LogP contribution in [-0.4, -0.2) is 20.7 Å². The van der Waals surface area contributed by atoms with Gasteiger partial charge < -0.3 is 14.3 Å². The van der Waals surface area contributed by atoms with E-state index in [1.807, 2.05) is 26.0 Å². The number of nitrogens with zero attached hydrogens (tertiary/aromatic N) is 3. The van der Waals surface area contributed by atoms with Crippen LogP contribution >= 0.6 is 0 Å². The first-order valence-electron chi connectivity index (χ1n) is 6.97. The molecule has 0 aliphatic carbocycles. The zero-order valence-electron chi connectivity index (χ0n) is 12.1. The van der Waals surface area contributed by atoms with Crippen molar-refractivity contribution in [2.75, 3.05) is 6.54 Å². The zero-order chi connectivity index (χ0) is 14.8. The van der Waals surface area contributed by atoms with E-state index in [2.05, 4.69) is 10.4 Å². The molecule has 0 amide bonds. The van der Waals surface area contributed by atoms with E-state index in [0.717, 1.165) is 11.5 Å². The average Bonchev–Trinajstić information content (AvgIpc) is 3.10. The number of rotatable bonds is 5. The molecule has 3 aromatic rings. The quantitative estimate of drug-likeness (QED) is 0.776. The van der Waals surface area contributed by atoms with Gasteiger partial charge in [0.1, 0.15) is 11.3 Å². The molecular weight excluding hydrogens is 268 g/mol. The Morgan fingerprint density at radius 1 is 1.43 bits per heavy atom. The molecule has 6 heteroatoms. The molecule has 0 aliphatic rings. The Morgan fingerprint density at radius 3 is 3.05 bits per heavy atom. The first-order valence-corrected chi connectivity index (χ1v) is 6.97. The molecule has 0 radical (unpaired) electrons. The summed E-state index contributed by atoms with van der Waals surface area (Å²) in [7, 11) is 0. The summed E-state index contributed by atoms with van der Waals surface area (Å²) in [6.45, 7) is 5.20. The molecule has 3 aromatic heterocycles. The number of hydrogen-bond donors (Lipinski definition) is 1. The average molecular weight is 286 g/mol. The molecule has 21 heavy (non-hydrogen) atoms. The van der Waals surface area contributed by atoms with Crippen LogP contribution in [0, 0.1) is 6.92 Å². The van der Waals surface area contributed by atoms with E-state index >= 15 is 0 Å². The minimum atomic E-state index is -0.0226. The van der Waals surface area contributed by atoms with Gasteiger partial charge in [-0.1, -0.05) is 0 Å². The number of hydrogen-bond acceptors (Lipinski definition) is 4. The van der Waals surface area contributed by atoms with E-state index in [1.54, 1.807) is 33.8 Å². The van der Waals surface area contributed by atoms with Crippen molar-refractivity contribution in [3.8, 4) is 0 Å². The molecule has 3 rings (SSSR count). The topological polar surface area (TPSA) is 64.5 Å². The van der Waals surface area contributed by atoms with Gasteiger partial charge in [0.15, 0.2) is 0 Å². The van der Waals surface area contributed by atoms with Gasteiger partial charge in [0, 0.05) is 25.5 Å². The van der Waals surface area contributed by atoms with Gasteiger partial charge in [-0.05, 0) is 32.0 Å². The number of furan rings is 1. The van der Waals surface area contributed by atoms with Crippen molar-refractivity contribution in [2.45, 2.75) is 26.4 Å². The summed E-state index contributed by atoms with van der Waals surface area (Å²) < 4.78 is 8.65. The normalized spacial score (nSPS) is 12.9. The summed E-state index contributed by atoms with van der Waals surface area (Å²) in [4.78, 5) is 12.3. The van der Waals surface area contributed by atoms with E-state index in [9.17, 15) is 4.79 Å². The van der Waals surface area contributed by atoms with Crippen LogP contribution in [-0.2, 0) is 6.54 Å². The molecule has 0 fully saturated rings. The molecule has 0 saturated heterocycles. The van der Waals surface area contributed by atoms with Gasteiger partial charge in [0.25, 0.3) is 5.56 Å². The number of aromatic nitrogens is 3. The molecule has 0 spiro atoms. The lowest BCUT2D eigenvalue weighted by Crippen LogP contribution is -2.28. The smallest absolute Gasteiger partial charge is 0.276 e. The maximum absolute atomic E-state index is 12.3. The fourth-order valence-corrected chi connectivity index (χ4v) is 2.36. The molecule has 110 valence electrons. The molecule has 0 saturated carbocycles. The fourth-order valence-electron chi connectivity index (χ4n) is 2.36. The molecule has 3 heterocycles. The summed E-state index contributed by atoms with van der Waals surface area (Å²) in [6, 6.07) is 5.73. The van der Waals surface area contributed by atoms with Crippen LogP contribution in [0.1, 0.15) is 24.4 Å². The third-order valence-corrected chi connectivity index (χ3v) is 3.50. The van der Waals surface area contributed by atoms with Crippen molar-refractivity contribution in [1.82, 2.24) is 19.5 Å². The highest BCUT2D eigenvalue weighted by Gasteiger charge is 2.08. The summed E-state index contributed by atoms with van der Waals surface area (Å²) in [6.07, 6.45) is 5.23. The molecule has 6 nitrogen and oxygen atoms in total. The fraction of sp³-hybridized carbons (Fsp3) is 0.333. The third-order valence-electron chi connectivity index (χ3n) is 3.50. The minimum Gasteiger partial charge on any atom is -0.468 e. The number of nitrogens with one attached hydrogen (secondary N) is 1. The van der Waals surface area contributed by atoms with E-state index < -0.39 is 0 Å². The first kappa shape index (κ1) is 13.6. The maximum atomic E-state index is 12.3. The highest BCUT2D eigenvalue weighted by Crippen LogP contribution is 2.11. The summed E-state index contributed by atoms with van der Waals surface area (Å²) in [5.41, 5.74) is 1.43. The Morgan fingerprint density at radius 2 is 2.29 bits per heavy atom. The second-order valence-electron chi connectivity index (χ2n) is 5.10. The second-order valence-corrected chi connectivity index (χ2v) is 5.10. The van der Waals surface area contributed by atoms with E-state index in [4.69, 9.17) is 4.42 Å². The van der Waals surface area contributed by atoms with E-state index in [1.165, 1.54) is 0 Å². The molecule has 1 atom stereocenters. The highest BCUT2D eigenvalue weighted by molar-refractivity contribution is 5.44. The SMILES string of the molecule is Cc1cc2c(=O)n(CCNC(C)c3ccco3)ccn2n1. The van der Waals surface area contributed by atoms with Crippen molar-refractivity contribution in [2.24, 2.45) is 0 Å². The molecule has 1 unspecified atom stereocenters. The largest absolute Gasteiger partial charge is 0.468 e. The van der Waals surface area contributed by atoms with Crippen LogP contribution < -0.4 is 10.9 Å². The van der Waals surface area contributed by atoms with E-state index in [0.29, 0.717) is 18.6 Å². The lowest BCUT2D eigenvalue weighted by atomic mass is 10.2. The van der Waals surface area contributed by atoms with Crippen molar-refractivity contribution < 1.29 is 4.42 Å². The van der Waals surface area contributed by atoms with Gasteiger partial charge in [-0.2, -0.15) is 5.10 Å². The van der Waals surface area contributed by atoms with Crippen LogP contribution in [0.5, 0.6) is 0 Å². The predicted octanol–water partition coefficient (Wildman–Crippen LogP) is 1.75. The Hall–Kier alpha value is -2.34. The van der Waals surface area contributed by atoms with Gasteiger partial charge in [0.05, 0.1) is 18.0 Å². The number of fused-ring (bicyclic) bond motifs is 1. The lowest BCUT2D eigenvalue weighted by molar-refractivity contribution is 0.422. The van der Waals surface area contributed by atoms with Crippen molar-refractivity contribution in [1.29, 1.82) is 0 Å². The number of aryl methyl sites for hydroxylation is 1. The van der Waals surface area contributed by atoms with E-state index in [-0.39, 0.29) is 11.6 Å². The Kier molecular flexibility index (Phi) is 3.62. The molecule has 0 aliphatic heterocycles. The van der Waals surface area contributed by atoms with Crippen LogP contribution in [0.25, 0.3) is 5.52 Å². The highest BCUT2D eigenvalue weighted by atomic mass is 16.3. The van der Waals surface area contributed by atoms with Gasteiger partial charge in [-0.25, -0.2) is 4.52 Å². The van der Waals surface area contributed by atoms with Crippen molar-refractivity contribution in [3.05, 3.63) is 58.7 Å². The van der Waals surface area contributed by atoms with Crippen LogP contribution in [0.2, 0.25) is 0 Å². The van der Waals surface area contributed by atoms with Gasteiger partial charge >= 0.3 is 0 Å². The molecular formula is C15H18N4O2. The monoisotopic (exact) mass is 286 g/mol. The van der Waals surface area contributed by atoms with Gasteiger partial charge in [-0.15, -0.1) is 0 Å². The van der Waals surface area contributed by atoms with Gasteiger partial charge in [-0.3, -0.25) is 4.79 Å². The lowest BCUT2D eigenvalue weighted by Gasteiger charge is -2.12. The molecule has 0 bridgehead atoms. The summed E-state index contributed by atoms with van der Waals surface area (Å²) >= 11 is 0. The van der Waals surface area contributed by atoms with Crippen LogP contribution in [0.15, 0.2) is 46.1 Å². The standard InChI is InChI=1S/C15H18N4O2/c1-11-10-13-15(20)18(7-8-19(13)17-11)6-5-16-12(2)14-4-3-9-21-14/h3-4,7-10,12,16H,5-6H2,1-2H3. The minimum absolute atomic E-state index is 0.0226. The second kappa shape index (κ2) is 5.57. The van der Waals surface area contributed by atoms with Crippen LogP contribution in [0.3, 0.4) is 0 Å².